The first-order valence-corrected chi connectivity index (χ1v) is 8.32. The molecule has 1 saturated heterocycles. The number of carbonyl (C=O) groups is 1. The van der Waals surface area contributed by atoms with E-state index in [4.69, 9.17) is 0 Å². The highest BCUT2D eigenvalue weighted by atomic mass is 32.2. The van der Waals surface area contributed by atoms with E-state index in [0.717, 1.165) is 25.9 Å². The van der Waals surface area contributed by atoms with Gasteiger partial charge in [0.1, 0.15) is 0 Å². The number of hydrogen-bond acceptors (Lipinski definition) is 3. The van der Waals surface area contributed by atoms with Crippen LogP contribution in [0.2, 0.25) is 0 Å². The number of nitrogens with zero attached hydrogens (tertiary/aromatic N) is 1. The Morgan fingerprint density at radius 2 is 2.10 bits per heavy atom. The lowest BCUT2D eigenvalue weighted by Crippen LogP contribution is -2.45. The molecule has 1 fully saturated rings. The maximum absolute atomic E-state index is 11.1. The van der Waals surface area contributed by atoms with Crippen molar-refractivity contribution in [2.75, 3.05) is 19.6 Å². The molecule has 1 unspecified atom stereocenters. The largest absolute Gasteiger partial charge is 0.354 e. The summed E-state index contributed by atoms with van der Waals surface area (Å²) in [6.45, 7) is 5.00. The maximum atomic E-state index is 11.1. The van der Waals surface area contributed by atoms with E-state index >= 15 is 0 Å². The molecule has 1 aromatic carbocycles. The third kappa shape index (κ3) is 3.36. The van der Waals surface area contributed by atoms with E-state index in [2.05, 4.69) is 34.5 Å². The molecule has 3 rings (SSSR count). The molecule has 1 aromatic rings. The van der Waals surface area contributed by atoms with Crippen molar-refractivity contribution < 1.29 is 4.79 Å². The first kappa shape index (κ1) is 14.0. The van der Waals surface area contributed by atoms with Gasteiger partial charge in [-0.05, 0) is 30.9 Å². The molecule has 1 atom stereocenters. The highest BCUT2D eigenvalue weighted by Crippen LogP contribution is 2.37. The standard InChI is InChI=1S/C16H22N2OS/c1-12(19)17-14-6-8-18(9-7-14)11-15-10-13-4-2-3-5-16(13)20-15/h2-5,14-15H,6-11H2,1H3,(H,17,19). The Morgan fingerprint density at radius 1 is 1.35 bits per heavy atom. The topological polar surface area (TPSA) is 32.3 Å². The van der Waals surface area contributed by atoms with Crippen molar-refractivity contribution in [3.63, 3.8) is 0 Å². The highest BCUT2D eigenvalue weighted by Gasteiger charge is 2.26. The van der Waals surface area contributed by atoms with Crippen molar-refractivity contribution in [3.8, 4) is 0 Å². The second-order valence-corrected chi connectivity index (χ2v) is 7.17. The molecular formula is C16H22N2OS. The zero-order valence-electron chi connectivity index (χ0n) is 12.0. The van der Waals surface area contributed by atoms with Crippen molar-refractivity contribution in [3.05, 3.63) is 29.8 Å². The van der Waals surface area contributed by atoms with Gasteiger partial charge in [0, 0.05) is 42.7 Å². The number of carbonyl (C=O) groups excluding carboxylic acids is 1. The van der Waals surface area contributed by atoms with Crippen LogP contribution >= 0.6 is 11.8 Å². The van der Waals surface area contributed by atoms with Crippen LogP contribution in [0, 0.1) is 0 Å². The average molecular weight is 290 g/mol. The molecule has 3 nitrogen and oxygen atoms in total. The molecule has 0 aliphatic carbocycles. The molecule has 2 heterocycles. The third-order valence-electron chi connectivity index (χ3n) is 4.17. The normalized spacial score (nSPS) is 23.6. The van der Waals surface area contributed by atoms with Gasteiger partial charge in [0.2, 0.25) is 5.91 Å². The predicted molar refractivity (Wildman–Crippen MR) is 83.1 cm³/mol. The van der Waals surface area contributed by atoms with E-state index in [0.29, 0.717) is 11.3 Å². The summed E-state index contributed by atoms with van der Waals surface area (Å²) in [6.07, 6.45) is 3.38. The van der Waals surface area contributed by atoms with Crippen LogP contribution in [0.3, 0.4) is 0 Å². The van der Waals surface area contributed by atoms with Crippen LogP contribution in [0.5, 0.6) is 0 Å². The van der Waals surface area contributed by atoms with Gasteiger partial charge in [-0.25, -0.2) is 0 Å². The van der Waals surface area contributed by atoms with Gasteiger partial charge < -0.3 is 10.2 Å². The molecule has 0 saturated carbocycles. The molecular weight excluding hydrogens is 268 g/mol. The number of amides is 1. The first-order valence-electron chi connectivity index (χ1n) is 7.45. The van der Waals surface area contributed by atoms with E-state index in [1.165, 1.54) is 23.4 Å². The number of thioether (sulfide) groups is 1. The fourth-order valence-electron chi connectivity index (χ4n) is 3.19. The lowest BCUT2D eigenvalue weighted by molar-refractivity contribution is -0.119. The minimum Gasteiger partial charge on any atom is -0.354 e. The van der Waals surface area contributed by atoms with Gasteiger partial charge in [-0.15, -0.1) is 11.8 Å². The number of hydrogen-bond donors (Lipinski definition) is 1. The molecule has 1 N–H and O–H groups in total. The Bertz CT molecular complexity index is 458. The predicted octanol–water partition coefficient (Wildman–Crippen LogP) is 2.30. The molecule has 1 amide bonds. The molecule has 4 heteroatoms. The van der Waals surface area contributed by atoms with Crippen molar-refractivity contribution in [1.29, 1.82) is 0 Å². The van der Waals surface area contributed by atoms with Crippen LogP contribution in [0.1, 0.15) is 25.3 Å². The monoisotopic (exact) mass is 290 g/mol. The smallest absolute Gasteiger partial charge is 0.217 e. The zero-order valence-corrected chi connectivity index (χ0v) is 12.8. The van der Waals surface area contributed by atoms with Crippen LogP contribution in [0.4, 0.5) is 0 Å². The first-order chi connectivity index (χ1) is 9.70. The summed E-state index contributed by atoms with van der Waals surface area (Å²) in [4.78, 5) is 15.1. The van der Waals surface area contributed by atoms with Crippen molar-refractivity contribution in [2.45, 2.75) is 42.4 Å². The van der Waals surface area contributed by atoms with Crippen LogP contribution in [0.25, 0.3) is 0 Å². The van der Waals surface area contributed by atoms with E-state index in [1.807, 2.05) is 11.8 Å². The molecule has 2 aliphatic rings. The van der Waals surface area contributed by atoms with Crippen LogP contribution < -0.4 is 5.32 Å². The number of benzene rings is 1. The quantitative estimate of drug-likeness (QED) is 0.927. The summed E-state index contributed by atoms with van der Waals surface area (Å²) >= 11 is 2.03. The Labute approximate surface area is 125 Å². The van der Waals surface area contributed by atoms with Gasteiger partial charge in [0.25, 0.3) is 0 Å². The second-order valence-electron chi connectivity index (χ2n) is 5.83. The van der Waals surface area contributed by atoms with Gasteiger partial charge in [-0.1, -0.05) is 18.2 Å². The molecule has 20 heavy (non-hydrogen) atoms. The Morgan fingerprint density at radius 3 is 2.80 bits per heavy atom. The van der Waals surface area contributed by atoms with Crippen LogP contribution in [-0.4, -0.2) is 41.7 Å². The Hall–Kier alpha value is -1.00. The molecule has 0 bridgehead atoms. The summed E-state index contributed by atoms with van der Waals surface area (Å²) < 4.78 is 0. The van der Waals surface area contributed by atoms with Crippen molar-refractivity contribution in [2.24, 2.45) is 0 Å². The van der Waals surface area contributed by atoms with E-state index in [-0.39, 0.29) is 5.91 Å². The molecule has 108 valence electrons. The van der Waals surface area contributed by atoms with Crippen molar-refractivity contribution in [1.82, 2.24) is 10.2 Å². The lowest BCUT2D eigenvalue weighted by Gasteiger charge is -2.33. The number of likely N-dealkylation sites (tertiary alicyclic amines) is 1. The summed E-state index contributed by atoms with van der Waals surface area (Å²) in [6, 6.07) is 9.15. The fourth-order valence-corrected chi connectivity index (χ4v) is 4.56. The molecule has 2 aliphatic heterocycles. The van der Waals surface area contributed by atoms with E-state index < -0.39 is 0 Å². The highest BCUT2D eigenvalue weighted by molar-refractivity contribution is 8.00. The van der Waals surface area contributed by atoms with Crippen molar-refractivity contribution >= 4 is 17.7 Å². The van der Waals surface area contributed by atoms with Crippen LogP contribution in [-0.2, 0) is 11.2 Å². The fraction of sp³-hybridized carbons (Fsp3) is 0.562. The zero-order chi connectivity index (χ0) is 13.9. The average Bonchev–Trinajstić information content (AvgIpc) is 2.82. The van der Waals surface area contributed by atoms with E-state index in [1.54, 1.807) is 6.92 Å². The molecule has 0 aromatic heterocycles. The molecule has 0 spiro atoms. The van der Waals surface area contributed by atoms with Gasteiger partial charge in [0.15, 0.2) is 0 Å². The SMILES string of the molecule is CC(=O)NC1CCN(CC2Cc3ccccc3S2)CC1. The second kappa shape index (κ2) is 6.19. The van der Waals surface area contributed by atoms with Crippen LogP contribution in [0.15, 0.2) is 29.2 Å². The molecule has 0 radical (unpaired) electrons. The number of fused-ring (bicyclic) bond motifs is 1. The Kier molecular flexibility index (Phi) is 4.32. The number of rotatable bonds is 3. The van der Waals surface area contributed by atoms with Gasteiger partial charge in [0.05, 0.1) is 0 Å². The lowest BCUT2D eigenvalue weighted by atomic mass is 10.0. The van der Waals surface area contributed by atoms with Gasteiger partial charge in [-0.3, -0.25) is 4.79 Å². The summed E-state index contributed by atoms with van der Waals surface area (Å²) in [5, 5.41) is 3.74. The summed E-state index contributed by atoms with van der Waals surface area (Å²) in [7, 11) is 0. The number of nitrogens with one attached hydrogen (secondary N) is 1. The summed E-state index contributed by atoms with van der Waals surface area (Å²) in [5.74, 6) is 0.102. The third-order valence-corrected chi connectivity index (χ3v) is 5.47. The van der Waals surface area contributed by atoms with E-state index in [9.17, 15) is 4.79 Å². The minimum absolute atomic E-state index is 0.102. The van der Waals surface area contributed by atoms with Gasteiger partial charge >= 0.3 is 0 Å². The minimum atomic E-state index is 0.102. The van der Waals surface area contributed by atoms with Gasteiger partial charge in [-0.2, -0.15) is 0 Å². The summed E-state index contributed by atoms with van der Waals surface area (Å²) in [5.41, 5.74) is 1.51. The Balaban J connectivity index is 1.46. The number of piperidine rings is 1. The maximum Gasteiger partial charge on any atom is 0.217 e.